The quantitative estimate of drug-likeness (QED) is 0.472. The Morgan fingerprint density at radius 1 is 1.10 bits per heavy atom. The molecule has 0 aromatic heterocycles. The Morgan fingerprint density at radius 3 is 2.00 bits per heavy atom. The molecule has 0 unspecified atom stereocenters. The highest BCUT2D eigenvalue weighted by atomic mass is 79.9. The molecule has 0 radical (unpaired) electrons. The molecular formula is C13H18BBr3O2S2. The van der Waals surface area contributed by atoms with Crippen LogP contribution in [0.4, 0.5) is 0 Å². The fraction of sp³-hybridized carbons (Fsp3) is 0.538. The first kappa shape index (κ1) is 20.1. The van der Waals surface area contributed by atoms with Crippen LogP contribution in [0.3, 0.4) is 0 Å². The van der Waals surface area contributed by atoms with Crippen LogP contribution in [0.5, 0.6) is 11.5 Å². The Bertz CT molecular complexity index is 420. The molecule has 0 amide bonds. The van der Waals surface area contributed by atoms with Crippen LogP contribution in [-0.2, 0) is 4.08 Å². The van der Waals surface area contributed by atoms with Gasteiger partial charge in [0.05, 0.1) is 4.08 Å². The summed E-state index contributed by atoms with van der Waals surface area (Å²) in [6.07, 6.45) is 3.45. The highest BCUT2D eigenvalue weighted by Crippen LogP contribution is 2.55. The summed E-state index contributed by atoms with van der Waals surface area (Å²) in [6.45, 7) is 2.19. The Labute approximate surface area is 160 Å². The maximum atomic E-state index is 9.62. The van der Waals surface area contributed by atoms with Gasteiger partial charge < -0.3 is 10.2 Å². The number of benzene rings is 1. The lowest BCUT2D eigenvalue weighted by molar-refractivity contribution is 0.448. The van der Waals surface area contributed by atoms with Crippen LogP contribution < -0.4 is 0 Å². The largest absolute Gasteiger partial charge is 0.508 e. The number of thioether (sulfide) groups is 2. The van der Waals surface area contributed by atoms with Crippen molar-refractivity contribution < 1.29 is 10.2 Å². The number of halogens is 3. The molecule has 0 saturated carbocycles. The number of hydrogen-bond acceptors (Lipinski definition) is 4. The highest BCUT2D eigenvalue weighted by molar-refractivity contribution is 9.69. The number of phenols is 2. The molecule has 0 aliphatic carbocycles. The van der Waals surface area contributed by atoms with Crippen molar-refractivity contribution >= 4 is 74.0 Å². The second-order valence-electron chi connectivity index (χ2n) is 4.54. The van der Waals surface area contributed by atoms with Crippen LogP contribution in [-0.4, -0.2) is 24.9 Å². The predicted molar refractivity (Wildman–Crippen MR) is 108 cm³/mol. The topological polar surface area (TPSA) is 40.5 Å². The van der Waals surface area contributed by atoms with Crippen LogP contribution in [0.25, 0.3) is 0 Å². The van der Waals surface area contributed by atoms with Crippen LogP contribution in [0.1, 0.15) is 31.7 Å². The lowest BCUT2D eigenvalue weighted by Crippen LogP contribution is -2.14. The van der Waals surface area contributed by atoms with Crippen LogP contribution in [0.2, 0.25) is 0 Å². The van der Waals surface area contributed by atoms with E-state index in [0.29, 0.717) is 0 Å². The van der Waals surface area contributed by atoms with Crippen molar-refractivity contribution in [3.63, 3.8) is 0 Å². The van der Waals surface area contributed by atoms with Gasteiger partial charge in [-0.25, -0.2) is 0 Å². The molecule has 1 fully saturated rings. The molecular weight excluding hydrogens is 503 g/mol. The van der Waals surface area contributed by atoms with Crippen LogP contribution in [0.15, 0.2) is 18.2 Å². The highest BCUT2D eigenvalue weighted by Gasteiger charge is 2.37. The molecule has 1 heterocycles. The Morgan fingerprint density at radius 2 is 1.57 bits per heavy atom. The summed E-state index contributed by atoms with van der Waals surface area (Å²) in [5.41, 5.74) is 1.05. The van der Waals surface area contributed by atoms with Gasteiger partial charge in [0.1, 0.15) is 11.5 Å². The normalized spacial score (nSPS) is 16.2. The minimum absolute atomic E-state index is 0.0340. The number of phenolic OH excluding ortho intramolecular Hbond substituents is 2. The van der Waals surface area contributed by atoms with Gasteiger partial charge in [0.2, 0.25) is 0 Å². The van der Waals surface area contributed by atoms with Crippen molar-refractivity contribution in [2.75, 3.05) is 11.5 Å². The summed E-state index contributed by atoms with van der Waals surface area (Å²) in [7, 11) is 0. The zero-order chi connectivity index (χ0) is 15.9. The summed E-state index contributed by atoms with van der Waals surface area (Å²) in [5.74, 6) is 2.60. The molecule has 0 atom stereocenters. The molecule has 1 aliphatic rings. The third kappa shape index (κ3) is 6.98. The minimum atomic E-state index is 0.0340. The molecule has 0 spiro atoms. The Hall–Kier alpha value is 1.02. The monoisotopic (exact) mass is 518 g/mol. The van der Waals surface area contributed by atoms with Gasteiger partial charge in [0.15, 0.2) is 0 Å². The lowest BCUT2D eigenvalue weighted by atomic mass is 10.1. The molecule has 21 heavy (non-hydrogen) atoms. The molecule has 0 bridgehead atoms. The number of unbranched alkanes of at least 4 members (excludes halogenated alkanes) is 1. The molecule has 2 rings (SSSR count). The fourth-order valence-corrected chi connectivity index (χ4v) is 5.44. The van der Waals surface area contributed by atoms with Gasteiger partial charge in [-0.15, -0.1) is 70.8 Å². The summed E-state index contributed by atoms with van der Waals surface area (Å²) in [4.78, 5) is 0. The average molecular weight is 521 g/mol. The first-order valence-electron chi connectivity index (χ1n) is 6.63. The molecule has 1 aromatic rings. The molecule has 118 valence electrons. The van der Waals surface area contributed by atoms with Crippen LogP contribution in [0, 0.1) is 0 Å². The van der Waals surface area contributed by atoms with Crippen molar-refractivity contribution in [3.05, 3.63) is 23.8 Å². The second kappa shape index (κ2) is 10.0. The van der Waals surface area contributed by atoms with Gasteiger partial charge in [0, 0.05) is 17.6 Å². The predicted octanol–water partition coefficient (Wildman–Crippen LogP) is 6.08. The van der Waals surface area contributed by atoms with Gasteiger partial charge in [0.25, 0.3) is 0 Å². The van der Waals surface area contributed by atoms with E-state index in [4.69, 9.17) is 0 Å². The third-order valence-electron chi connectivity index (χ3n) is 2.96. The number of aromatic hydroxyl groups is 2. The zero-order valence-electron chi connectivity index (χ0n) is 11.7. The standard InChI is InChI=1S/C13H18O2S2.BBr3/c1-2-3-4-13(16-5-6-17-13)10-7-11(14)9-12(15)8-10;2-1(3)4/h7-9,14-15H,2-6H2,1H3;. The van der Waals surface area contributed by atoms with E-state index < -0.39 is 0 Å². The van der Waals surface area contributed by atoms with Crippen molar-refractivity contribution in [1.82, 2.24) is 0 Å². The second-order valence-corrected chi connectivity index (χ2v) is 14.0. The van der Waals surface area contributed by atoms with E-state index in [-0.39, 0.29) is 18.8 Å². The maximum absolute atomic E-state index is 9.62. The summed E-state index contributed by atoms with van der Waals surface area (Å²) < 4.78 is 0.305. The first-order chi connectivity index (χ1) is 9.89. The van der Waals surface area contributed by atoms with Crippen molar-refractivity contribution in [3.8, 4) is 11.5 Å². The lowest BCUT2D eigenvalue weighted by Gasteiger charge is -2.28. The van der Waals surface area contributed by atoms with E-state index in [1.807, 2.05) is 23.5 Å². The molecule has 1 aliphatic heterocycles. The summed E-state index contributed by atoms with van der Waals surface area (Å²) in [5, 5.41) is 19.2. The van der Waals surface area contributed by atoms with Gasteiger partial charge >= 0.3 is 3.18 Å². The van der Waals surface area contributed by atoms with Crippen molar-refractivity contribution in [2.45, 2.75) is 30.3 Å². The number of hydrogen-bond donors (Lipinski definition) is 2. The first-order valence-corrected chi connectivity index (χ1v) is 11.3. The Kier molecular flexibility index (Phi) is 9.56. The van der Waals surface area contributed by atoms with Crippen LogP contribution >= 0.6 is 70.8 Å². The van der Waals surface area contributed by atoms with E-state index in [1.165, 1.54) is 18.9 Å². The SMILES string of the molecule is BrB(Br)Br.CCCCC1(c2cc(O)cc(O)c2)SCCS1. The molecule has 8 heteroatoms. The van der Waals surface area contributed by atoms with E-state index in [2.05, 4.69) is 54.2 Å². The summed E-state index contributed by atoms with van der Waals surface area (Å²) >= 11 is 13.2. The van der Waals surface area contributed by atoms with Crippen molar-refractivity contribution in [2.24, 2.45) is 0 Å². The minimum Gasteiger partial charge on any atom is -0.508 e. The van der Waals surface area contributed by atoms with Gasteiger partial charge in [-0.1, -0.05) is 19.8 Å². The van der Waals surface area contributed by atoms with Gasteiger partial charge in [-0.3, -0.25) is 0 Å². The van der Waals surface area contributed by atoms with E-state index in [1.54, 1.807) is 12.1 Å². The number of rotatable bonds is 4. The van der Waals surface area contributed by atoms with Gasteiger partial charge in [-0.05, 0) is 24.1 Å². The average Bonchev–Trinajstić information content (AvgIpc) is 2.84. The Balaban J connectivity index is 0.000000491. The summed E-state index contributed by atoms with van der Waals surface area (Å²) in [6, 6.07) is 4.97. The molecule has 2 nitrogen and oxygen atoms in total. The van der Waals surface area contributed by atoms with Crippen molar-refractivity contribution in [1.29, 1.82) is 0 Å². The maximum Gasteiger partial charge on any atom is 0.369 e. The van der Waals surface area contributed by atoms with E-state index in [0.717, 1.165) is 23.5 Å². The van der Waals surface area contributed by atoms with E-state index in [9.17, 15) is 10.2 Å². The molecule has 1 saturated heterocycles. The zero-order valence-corrected chi connectivity index (χ0v) is 18.1. The third-order valence-corrected chi connectivity index (χ3v) is 6.55. The van der Waals surface area contributed by atoms with E-state index >= 15 is 0 Å². The van der Waals surface area contributed by atoms with Gasteiger partial charge in [-0.2, -0.15) is 0 Å². The smallest absolute Gasteiger partial charge is 0.369 e. The molecule has 1 aromatic carbocycles. The fourth-order valence-electron chi connectivity index (χ4n) is 2.13. The molecule has 2 N–H and O–H groups in total.